The molecule has 20 heavy (non-hydrogen) atoms. The first-order chi connectivity index (χ1) is 9.58. The van der Waals surface area contributed by atoms with E-state index in [4.69, 9.17) is 5.26 Å². The van der Waals surface area contributed by atoms with Gasteiger partial charge in [-0.1, -0.05) is 0 Å². The van der Waals surface area contributed by atoms with E-state index >= 15 is 0 Å². The minimum absolute atomic E-state index is 0.202. The quantitative estimate of drug-likeness (QED) is 0.680. The molecule has 102 valence electrons. The second-order valence-electron chi connectivity index (χ2n) is 4.29. The average molecular weight is 272 g/mol. The van der Waals surface area contributed by atoms with Crippen LogP contribution in [0.2, 0.25) is 0 Å². The lowest BCUT2D eigenvalue weighted by molar-refractivity contribution is -0.134. The molecule has 0 spiro atoms. The van der Waals surface area contributed by atoms with Crippen molar-refractivity contribution < 1.29 is 14.4 Å². The minimum atomic E-state index is -0.717. The molecule has 1 aromatic carbocycles. The zero-order valence-corrected chi connectivity index (χ0v) is 10.5. The summed E-state index contributed by atoms with van der Waals surface area (Å²) >= 11 is 0. The van der Waals surface area contributed by atoms with Crippen LogP contribution in [-0.4, -0.2) is 23.9 Å². The van der Waals surface area contributed by atoms with Crippen LogP contribution in [0.1, 0.15) is 18.4 Å². The third kappa shape index (κ3) is 3.32. The molecule has 1 heterocycles. The van der Waals surface area contributed by atoms with Crippen molar-refractivity contribution in [1.29, 1.82) is 5.26 Å². The Morgan fingerprint density at radius 2 is 2.00 bits per heavy atom. The Balaban J connectivity index is 1.90. The molecule has 0 aromatic heterocycles. The highest BCUT2D eigenvalue weighted by Crippen LogP contribution is 2.09. The van der Waals surface area contributed by atoms with E-state index in [1.165, 1.54) is 0 Å². The van der Waals surface area contributed by atoms with Gasteiger partial charge in [0.1, 0.15) is 6.04 Å². The molecule has 0 saturated carbocycles. The number of amides is 4. The van der Waals surface area contributed by atoms with Crippen LogP contribution < -0.4 is 16.0 Å². The number of nitriles is 1. The van der Waals surface area contributed by atoms with Crippen LogP contribution in [0.5, 0.6) is 0 Å². The van der Waals surface area contributed by atoms with Crippen LogP contribution in [0.3, 0.4) is 0 Å². The summed E-state index contributed by atoms with van der Waals surface area (Å²) in [5, 5.41) is 15.8. The Morgan fingerprint density at radius 1 is 1.30 bits per heavy atom. The molecule has 7 heteroatoms. The van der Waals surface area contributed by atoms with Crippen LogP contribution in [0.25, 0.3) is 0 Å². The van der Waals surface area contributed by atoms with Gasteiger partial charge < -0.3 is 10.6 Å². The van der Waals surface area contributed by atoms with Crippen LogP contribution in [0, 0.1) is 11.3 Å². The molecule has 1 unspecified atom stereocenters. The van der Waals surface area contributed by atoms with Gasteiger partial charge in [-0.2, -0.15) is 5.26 Å². The first kappa shape index (κ1) is 13.5. The maximum absolute atomic E-state index is 11.7. The number of anilines is 1. The van der Waals surface area contributed by atoms with Crippen LogP contribution in [0.15, 0.2) is 24.3 Å². The number of hydrogen-bond acceptors (Lipinski definition) is 4. The minimum Gasteiger partial charge on any atom is -0.326 e. The van der Waals surface area contributed by atoms with Crippen molar-refractivity contribution in [2.75, 3.05) is 5.32 Å². The van der Waals surface area contributed by atoms with Crippen molar-refractivity contribution in [2.45, 2.75) is 18.9 Å². The lowest BCUT2D eigenvalue weighted by atomic mass is 10.1. The summed E-state index contributed by atoms with van der Waals surface area (Å²) in [6.45, 7) is 0. The van der Waals surface area contributed by atoms with Gasteiger partial charge in [0.05, 0.1) is 11.6 Å². The standard InChI is InChI=1S/C13H12N4O3/c14-7-8-1-3-9(4-2-8)15-13(20)16-10-5-6-11(18)17-12(10)19/h1-4,10H,5-6H2,(H2,15,16,20)(H,17,18,19). The number of rotatable bonds is 2. The molecule has 3 N–H and O–H groups in total. The second-order valence-corrected chi connectivity index (χ2v) is 4.29. The molecule has 1 atom stereocenters. The first-order valence-electron chi connectivity index (χ1n) is 6.00. The van der Waals surface area contributed by atoms with E-state index in [0.717, 1.165) is 0 Å². The van der Waals surface area contributed by atoms with Crippen molar-refractivity contribution in [3.8, 4) is 6.07 Å². The number of nitrogens with zero attached hydrogens (tertiary/aromatic N) is 1. The zero-order chi connectivity index (χ0) is 14.5. The Morgan fingerprint density at radius 3 is 2.60 bits per heavy atom. The topological polar surface area (TPSA) is 111 Å². The average Bonchev–Trinajstić information content (AvgIpc) is 2.43. The number of hydrogen-bond donors (Lipinski definition) is 3. The smallest absolute Gasteiger partial charge is 0.319 e. The molecule has 2 rings (SSSR count). The predicted octanol–water partition coefficient (Wildman–Crippen LogP) is 0.485. The van der Waals surface area contributed by atoms with Crippen molar-refractivity contribution in [3.05, 3.63) is 29.8 Å². The Bertz CT molecular complexity index is 589. The summed E-state index contributed by atoms with van der Waals surface area (Å²) in [6, 6.07) is 7.03. The fourth-order valence-electron chi connectivity index (χ4n) is 1.78. The molecule has 1 aliphatic heterocycles. The third-order valence-electron chi connectivity index (χ3n) is 2.82. The number of carbonyl (C=O) groups excluding carboxylic acids is 3. The summed E-state index contributed by atoms with van der Waals surface area (Å²) in [5.74, 6) is -0.836. The van der Waals surface area contributed by atoms with E-state index in [1.54, 1.807) is 24.3 Å². The van der Waals surface area contributed by atoms with Gasteiger partial charge in [0.2, 0.25) is 11.8 Å². The van der Waals surface area contributed by atoms with E-state index in [1.807, 2.05) is 6.07 Å². The van der Waals surface area contributed by atoms with Gasteiger partial charge in [-0.25, -0.2) is 4.79 Å². The van der Waals surface area contributed by atoms with E-state index in [0.29, 0.717) is 11.3 Å². The molecule has 0 bridgehead atoms. The second kappa shape index (κ2) is 5.84. The van der Waals surface area contributed by atoms with Crippen molar-refractivity contribution in [3.63, 3.8) is 0 Å². The van der Waals surface area contributed by atoms with Gasteiger partial charge in [-0.15, -0.1) is 0 Å². The normalized spacial score (nSPS) is 17.9. The van der Waals surface area contributed by atoms with Gasteiger partial charge in [0, 0.05) is 12.1 Å². The monoisotopic (exact) mass is 272 g/mol. The largest absolute Gasteiger partial charge is 0.326 e. The molecule has 1 fully saturated rings. The summed E-state index contributed by atoms with van der Waals surface area (Å²) in [7, 11) is 0. The molecule has 7 nitrogen and oxygen atoms in total. The summed E-state index contributed by atoms with van der Waals surface area (Å²) in [4.78, 5) is 34.1. The van der Waals surface area contributed by atoms with Gasteiger partial charge in [-0.3, -0.25) is 14.9 Å². The molecular weight excluding hydrogens is 260 g/mol. The predicted molar refractivity (Wildman–Crippen MR) is 69.5 cm³/mol. The number of nitrogens with one attached hydrogen (secondary N) is 3. The molecule has 1 saturated heterocycles. The summed E-state index contributed by atoms with van der Waals surface area (Å²) in [6.07, 6.45) is 0.485. The van der Waals surface area contributed by atoms with Gasteiger partial charge >= 0.3 is 6.03 Å². The summed E-state index contributed by atoms with van der Waals surface area (Å²) < 4.78 is 0. The molecular formula is C13H12N4O3. The fraction of sp³-hybridized carbons (Fsp3) is 0.231. The Labute approximate surface area is 115 Å². The van der Waals surface area contributed by atoms with Gasteiger partial charge in [0.25, 0.3) is 0 Å². The third-order valence-corrected chi connectivity index (χ3v) is 2.82. The maximum Gasteiger partial charge on any atom is 0.319 e. The molecule has 1 aromatic rings. The summed E-state index contributed by atoms with van der Waals surface area (Å²) in [5.41, 5.74) is 0.995. The van der Waals surface area contributed by atoms with E-state index in [-0.39, 0.29) is 18.7 Å². The fourth-order valence-corrected chi connectivity index (χ4v) is 1.78. The van der Waals surface area contributed by atoms with Gasteiger partial charge in [0.15, 0.2) is 0 Å². The molecule has 0 aliphatic carbocycles. The van der Waals surface area contributed by atoms with Gasteiger partial charge in [-0.05, 0) is 30.7 Å². The lowest BCUT2D eigenvalue weighted by Crippen LogP contribution is -2.53. The Hall–Kier alpha value is -2.88. The van der Waals surface area contributed by atoms with E-state index in [9.17, 15) is 14.4 Å². The number of piperidine rings is 1. The van der Waals surface area contributed by atoms with Crippen LogP contribution >= 0.6 is 0 Å². The number of carbonyl (C=O) groups is 3. The number of imide groups is 1. The van der Waals surface area contributed by atoms with E-state index in [2.05, 4.69) is 16.0 Å². The van der Waals surface area contributed by atoms with Crippen molar-refractivity contribution in [2.24, 2.45) is 0 Å². The number of urea groups is 1. The van der Waals surface area contributed by atoms with Crippen LogP contribution in [-0.2, 0) is 9.59 Å². The number of benzene rings is 1. The molecule has 0 radical (unpaired) electrons. The maximum atomic E-state index is 11.7. The first-order valence-corrected chi connectivity index (χ1v) is 6.00. The molecule has 4 amide bonds. The highest BCUT2D eigenvalue weighted by Gasteiger charge is 2.27. The van der Waals surface area contributed by atoms with Crippen LogP contribution in [0.4, 0.5) is 10.5 Å². The van der Waals surface area contributed by atoms with Crippen molar-refractivity contribution >= 4 is 23.5 Å². The zero-order valence-electron chi connectivity index (χ0n) is 10.5. The SMILES string of the molecule is N#Cc1ccc(NC(=O)NC2CCC(=O)NC2=O)cc1. The van der Waals surface area contributed by atoms with E-state index < -0.39 is 18.0 Å². The molecule has 1 aliphatic rings. The Kier molecular flexibility index (Phi) is 3.96. The lowest BCUT2D eigenvalue weighted by Gasteiger charge is -2.21. The van der Waals surface area contributed by atoms with Crippen molar-refractivity contribution in [1.82, 2.24) is 10.6 Å². The highest BCUT2D eigenvalue weighted by molar-refractivity contribution is 6.02. The highest BCUT2D eigenvalue weighted by atomic mass is 16.2.